The van der Waals surface area contributed by atoms with Crippen LogP contribution in [0.5, 0.6) is 0 Å². The van der Waals surface area contributed by atoms with E-state index in [0.29, 0.717) is 12.3 Å². The standard InChI is InChI=1S/C20H25FN4O2/c1-12-18(13(2)27-24-12)17-9-14(6-8-26-17)19(15-10-23-25(3)11-15)20-16(21)5-4-7-22-20/h4-5,7,10,14-15,17,19H,6,8-9,11H2,1-3H3/t14?,15-,17?,19?/m1/s1. The molecule has 0 aliphatic carbocycles. The van der Waals surface area contributed by atoms with Gasteiger partial charge in [-0.15, -0.1) is 0 Å². The highest BCUT2D eigenvalue weighted by Gasteiger charge is 2.39. The lowest BCUT2D eigenvalue weighted by molar-refractivity contribution is -0.0206. The van der Waals surface area contributed by atoms with Crippen LogP contribution in [-0.4, -0.2) is 41.6 Å². The molecule has 7 heteroatoms. The largest absolute Gasteiger partial charge is 0.373 e. The molecule has 144 valence electrons. The van der Waals surface area contributed by atoms with Crippen molar-refractivity contribution in [2.45, 2.75) is 38.7 Å². The fraction of sp³-hybridized carbons (Fsp3) is 0.550. The van der Waals surface area contributed by atoms with Gasteiger partial charge in [-0.1, -0.05) is 5.16 Å². The molecule has 0 spiro atoms. The van der Waals surface area contributed by atoms with E-state index in [4.69, 9.17) is 9.26 Å². The predicted molar refractivity (Wildman–Crippen MR) is 98.9 cm³/mol. The van der Waals surface area contributed by atoms with Gasteiger partial charge < -0.3 is 9.26 Å². The van der Waals surface area contributed by atoms with E-state index in [1.54, 1.807) is 12.3 Å². The number of hydrogen-bond donors (Lipinski definition) is 0. The van der Waals surface area contributed by atoms with E-state index in [-0.39, 0.29) is 29.7 Å². The SMILES string of the molecule is Cc1noc(C)c1C1CC(C(c2ncccc2F)[C@@H]2C=NN(C)C2)CCO1. The molecule has 2 aromatic rings. The molecule has 0 aromatic carbocycles. The van der Waals surface area contributed by atoms with Crippen molar-refractivity contribution in [3.05, 3.63) is 46.9 Å². The molecule has 1 saturated heterocycles. The maximum Gasteiger partial charge on any atom is 0.145 e. The lowest BCUT2D eigenvalue weighted by Crippen LogP contribution is -2.32. The van der Waals surface area contributed by atoms with Crippen LogP contribution in [0.4, 0.5) is 4.39 Å². The number of halogens is 1. The first kappa shape index (κ1) is 18.1. The summed E-state index contributed by atoms with van der Waals surface area (Å²) in [5, 5.41) is 10.4. The van der Waals surface area contributed by atoms with Gasteiger partial charge in [0.25, 0.3) is 0 Å². The monoisotopic (exact) mass is 372 g/mol. The highest BCUT2D eigenvalue weighted by atomic mass is 19.1. The van der Waals surface area contributed by atoms with Crippen LogP contribution in [0.15, 0.2) is 28.0 Å². The van der Waals surface area contributed by atoms with Gasteiger partial charge in [-0.25, -0.2) is 4.39 Å². The van der Waals surface area contributed by atoms with Gasteiger partial charge in [-0.3, -0.25) is 9.99 Å². The van der Waals surface area contributed by atoms with Crippen LogP contribution < -0.4 is 0 Å². The average Bonchev–Trinajstić information content (AvgIpc) is 3.22. The number of pyridine rings is 1. The van der Waals surface area contributed by atoms with E-state index in [9.17, 15) is 4.39 Å². The summed E-state index contributed by atoms with van der Waals surface area (Å²) in [7, 11) is 1.94. The Kier molecular flexibility index (Phi) is 4.95. The predicted octanol–water partition coefficient (Wildman–Crippen LogP) is 3.62. The summed E-state index contributed by atoms with van der Waals surface area (Å²) in [6.45, 7) is 5.25. The molecule has 1 fully saturated rings. The third-order valence-corrected chi connectivity index (χ3v) is 5.74. The van der Waals surface area contributed by atoms with Gasteiger partial charge in [0.2, 0.25) is 0 Å². The van der Waals surface area contributed by atoms with E-state index in [1.165, 1.54) is 6.07 Å². The van der Waals surface area contributed by atoms with Gasteiger partial charge in [0, 0.05) is 50.0 Å². The minimum absolute atomic E-state index is 0.0354. The second-order valence-electron chi connectivity index (χ2n) is 7.55. The molecule has 6 nitrogen and oxygen atoms in total. The van der Waals surface area contributed by atoms with Gasteiger partial charge in [0.05, 0.1) is 17.5 Å². The second-order valence-corrected chi connectivity index (χ2v) is 7.55. The van der Waals surface area contributed by atoms with Gasteiger partial charge >= 0.3 is 0 Å². The zero-order valence-electron chi connectivity index (χ0n) is 15.9. The van der Waals surface area contributed by atoms with Gasteiger partial charge in [0.15, 0.2) is 0 Å². The van der Waals surface area contributed by atoms with Crippen LogP contribution in [0.1, 0.15) is 47.6 Å². The van der Waals surface area contributed by atoms with E-state index in [1.807, 2.05) is 32.1 Å². The number of hydrazone groups is 1. The third kappa shape index (κ3) is 3.48. The Hall–Kier alpha value is -2.28. The molecule has 0 bridgehead atoms. The molecule has 0 saturated carbocycles. The van der Waals surface area contributed by atoms with Crippen molar-refractivity contribution in [2.75, 3.05) is 20.2 Å². The summed E-state index contributed by atoms with van der Waals surface area (Å²) >= 11 is 0. The Bertz CT molecular complexity index is 818. The number of hydrogen-bond acceptors (Lipinski definition) is 6. The quantitative estimate of drug-likeness (QED) is 0.820. The van der Waals surface area contributed by atoms with Crippen molar-refractivity contribution in [1.29, 1.82) is 0 Å². The van der Waals surface area contributed by atoms with Crippen LogP contribution in [0.25, 0.3) is 0 Å². The molecule has 0 N–H and O–H groups in total. The minimum atomic E-state index is -0.245. The van der Waals surface area contributed by atoms with Crippen LogP contribution in [0, 0.1) is 31.5 Å². The molecule has 4 rings (SSSR count). The number of aromatic nitrogens is 2. The third-order valence-electron chi connectivity index (χ3n) is 5.74. The molecule has 0 amide bonds. The molecule has 2 aromatic heterocycles. The highest BCUT2D eigenvalue weighted by Crippen LogP contribution is 2.44. The van der Waals surface area contributed by atoms with Crippen molar-refractivity contribution >= 4 is 6.21 Å². The molecule has 0 radical (unpaired) electrons. The fourth-order valence-corrected chi connectivity index (χ4v) is 4.52. The summed E-state index contributed by atoms with van der Waals surface area (Å²) in [4.78, 5) is 4.42. The smallest absolute Gasteiger partial charge is 0.145 e. The van der Waals surface area contributed by atoms with E-state index in [0.717, 1.165) is 36.4 Å². The van der Waals surface area contributed by atoms with E-state index in [2.05, 4.69) is 15.2 Å². The summed E-state index contributed by atoms with van der Waals surface area (Å²) in [5.74, 6) is 0.885. The summed E-state index contributed by atoms with van der Waals surface area (Å²) in [6, 6.07) is 3.14. The number of aryl methyl sites for hydroxylation is 2. The Morgan fingerprint density at radius 2 is 2.19 bits per heavy atom. The van der Waals surface area contributed by atoms with Crippen molar-refractivity contribution in [2.24, 2.45) is 16.9 Å². The molecule has 2 aliphatic rings. The fourth-order valence-electron chi connectivity index (χ4n) is 4.52. The normalized spacial score (nSPS) is 26.5. The minimum Gasteiger partial charge on any atom is -0.373 e. The Labute approximate surface area is 158 Å². The average molecular weight is 372 g/mol. The Morgan fingerprint density at radius 3 is 2.85 bits per heavy atom. The zero-order valence-corrected chi connectivity index (χ0v) is 15.9. The Balaban J connectivity index is 1.66. The van der Waals surface area contributed by atoms with Crippen molar-refractivity contribution in [3.63, 3.8) is 0 Å². The molecule has 4 atom stereocenters. The molecular formula is C20H25FN4O2. The molecule has 4 heterocycles. The molecular weight excluding hydrogens is 347 g/mol. The van der Waals surface area contributed by atoms with E-state index < -0.39 is 0 Å². The summed E-state index contributed by atoms with van der Waals surface area (Å²) < 4.78 is 26.1. The van der Waals surface area contributed by atoms with Gasteiger partial charge in [0.1, 0.15) is 11.6 Å². The van der Waals surface area contributed by atoms with Gasteiger partial charge in [-0.05, 0) is 44.7 Å². The lowest BCUT2D eigenvalue weighted by Gasteiger charge is -2.36. The van der Waals surface area contributed by atoms with Crippen LogP contribution in [-0.2, 0) is 4.74 Å². The number of rotatable bonds is 4. The maximum atomic E-state index is 14.7. The lowest BCUT2D eigenvalue weighted by atomic mass is 9.74. The molecule has 3 unspecified atom stereocenters. The molecule has 27 heavy (non-hydrogen) atoms. The zero-order chi connectivity index (χ0) is 19.0. The van der Waals surface area contributed by atoms with Crippen molar-refractivity contribution < 1.29 is 13.7 Å². The highest BCUT2D eigenvalue weighted by molar-refractivity contribution is 5.64. The first-order valence-corrected chi connectivity index (χ1v) is 9.44. The van der Waals surface area contributed by atoms with Crippen LogP contribution >= 0.6 is 0 Å². The van der Waals surface area contributed by atoms with Gasteiger partial charge in [-0.2, -0.15) is 5.10 Å². The maximum absolute atomic E-state index is 14.7. The summed E-state index contributed by atoms with van der Waals surface area (Å²) in [6.07, 6.45) is 5.19. The van der Waals surface area contributed by atoms with Crippen molar-refractivity contribution in [3.8, 4) is 0 Å². The molecule has 2 aliphatic heterocycles. The van der Waals surface area contributed by atoms with Crippen LogP contribution in [0.3, 0.4) is 0 Å². The Morgan fingerprint density at radius 1 is 1.33 bits per heavy atom. The van der Waals surface area contributed by atoms with E-state index >= 15 is 0 Å². The number of nitrogens with zero attached hydrogens (tertiary/aromatic N) is 4. The second kappa shape index (κ2) is 7.38. The van der Waals surface area contributed by atoms with Crippen molar-refractivity contribution in [1.82, 2.24) is 15.1 Å². The first-order valence-electron chi connectivity index (χ1n) is 9.44. The number of ether oxygens (including phenoxy) is 1. The summed E-state index contributed by atoms with van der Waals surface area (Å²) in [5.41, 5.74) is 2.42. The van der Waals surface area contributed by atoms with Crippen LogP contribution in [0.2, 0.25) is 0 Å². The first-order chi connectivity index (χ1) is 13.0. The topological polar surface area (TPSA) is 63.8 Å².